The minimum Gasteiger partial charge on any atom is -0.497 e. The van der Waals surface area contributed by atoms with Gasteiger partial charge in [-0.3, -0.25) is 9.69 Å². The molecule has 12 heteroatoms. The molecule has 180 valence electrons. The summed E-state index contributed by atoms with van der Waals surface area (Å²) in [7, 11) is 4.77. The molecule has 33 heavy (non-hydrogen) atoms. The van der Waals surface area contributed by atoms with Crippen LogP contribution in [0.25, 0.3) is 0 Å². The minimum absolute atomic E-state index is 0.0820. The van der Waals surface area contributed by atoms with Gasteiger partial charge in [0.05, 0.1) is 32.0 Å². The molecule has 1 amide bonds. The molecule has 2 aromatic carbocycles. The normalized spacial score (nSPS) is 10.6. The van der Waals surface area contributed by atoms with E-state index in [-0.39, 0.29) is 12.2 Å². The number of ether oxygens (including phenoxy) is 2. The van der Waals surface area contributed by atoms with Gasteiger partial charge in [-0.1, -0.05) is 18.2 Å². The van der Waals surface area contributed by atoms with Crippen LogP contribution in [0.15, 0.2) is 42.5 Å². The van der Waals surface area contributed by atoms with Gasteiger partial charge in [-0.2, -0.15) is 13.2 Å². The first kappa shape index (κ1) is 27.2. The Morgan fingerprint density at radius 3 is 2.12 bits per heavy atom. The summed E-state index contributed by atoms with van der Waals surface area (Å²) in [5.74, 6) is -2.95. The molecule has 2 rings (SSSR count). The second-order valence-electron chi connectivity index (χ2n) is 6.55. The number of benzene rings is 2. The fraction of sp³-hybridized carbons (Fsp3) is 0.286. The van der Waals surface area contributed by atoms with Gasteiger partial charge in [0.1, 0.15) is 11.5 Å². The number of anilines is 1. The Kier molecular flexibility index (Phi) is 10.1. The fourth-order valence-corrected chi connectivity index (χ4v) is 2.60. The maximum absolute atomic E-state index is 13.0. The number of hydrogen-bond acceptors (Lipinski definition) is 6. The van der Waals surface area contributed by atoms with Crippen molar-refractivity contribution in [2.24, 2.45) is 0 Å². The van der Waals surface area contributed by atoms with Crippen molar-refractivity contribution in [1.82, 2.24) is 4.90 Å². The Morgan fingerprint density at radius 2 is 1.61 bits per heavy atom. The van der Waals surface area contributed by atoms with Crippen LogP contribution in [0, 0.1) is 0 Å². The molecule has 0 aliphatic rings. The van der Waals surface area contributed by atoms with E-state index in [4.69, 9.17) is 29.3 Å². The molecule has 0 spiro atoms. The molecule has 0 fully saturated rings. The summed E-state index contributed by atoms with van der Waals surface area (Å²) in [6, 6.07) is 10.2. The SMILES string of the molecule is COc1ccc(CN(C)CC(=O)Nc2ccccc2C(F)(F)F)c(OC)c1.O=C(O)C(=O)O. The number of nitrogens with one attached hydrogen (secondary N) is 1. The van der Waals surface area contributed by atoms with Crippen LogP contribution in [-0.2, 0) is 27.1 Å². The van der Waals surface area contributed by atoms with Crippen molar-refractivity contribution >= 4 is 23.5 Å². The zero-order chi connectivity index (χ0) is 25.2. The van der Waals surface area contributed by atoms with Crippen LogP contribution >= 0.6 is 0 Å². The fourth-order valence-electron chi connectivity index (χ4n) is 2.60. The predicted octanol–water partition coefficient (Wildman–Crippen LogP) is 2.95. The monoisotopic (exact) mass is 472 g/mol. The van der Waals surface area contributed by atoms with Crippen molar-refractivity contribution in [2.45, 2.75) is 12.7 Å². The Morgan fingerprint density at radius 1 is 1.00 bits per heavy atom. The highest BCUT2D eigenvalue weighted by Gasteiger charge is 2.33. The first-order chi connectivity index (χ1) is 15.4. The Balaban J connectivity index is 0.000000801. The van der Waals surface area contributed by atoms with E-state index >= 15 is 0 Å². The maximum atomic E-state index is 13.0. The van der Waals surface area contributed by atoms with Crippen LogP contribution in [0.1, 0.15) is 11.1 Å². The summed E-state index contributed by atoms with van der Waals surface area (Å²) in [4.78, 5) is 32.1. The Bertz CT molecular complexity index is 969. The molecule has 0 unspecified atom stereocenters. The molecule has 2 aromatic rings. The van der Waals surface area contributed by atoms with Gasteiger partial charge in [0.2, 0.25) is 5.91 Å². The first-order valence-electron chi connectivity index (χ1n) is 9.20. The molecular formula is C21H23F3N2O7. The molecule has 0 aliphatic heterocycles. The number of nitrogens with zero attached hydrogens (tertiary/aromatic N) is 1. The highest BCUT2D eigenvalue weighted by molar-refractivity contribution is 6.27. The van der Waals surface area contributed by atoms with Gasteiger partial charge in [0.15, 0.2) is 0 Å². The van der Waals surface area contributed by atoms with Crippen molar-refractivity contribution in [1.29, 1.82) is 0 Å². The molecule has 0 aromatic heterocycles. The number of aliphatic carboxylic acids is 2. The molecule has 0 saturated carbocycles. The number of rotatable bonds is 7. The summed E-state index contributed by atoms with van der Waals surface area (Å²) >= 11 is 0. The molecule has 0 atom stereocenters. The second kappa shape index (κ2) is 12.3. The van der Waals surface area contributed by atoms with E-state index in [0.29, 0.717) is 18.0 Å². The van der Waals surface area contributed by atoms with E-state index < -0.39 is 29.6 Å². The summed E-state index contributed by atoms with van der Waals surface area (Å²) in [5, 5.41) is 17.1. The lowest BCUT2D eigenvalue weighted by atomic mass is 10.1. The van der Waals surface area contributed by atoms with Crippen LogP contribution < -0.4 is 14.8 Å². The van der Waals surface area contributed by atoms with Gasteiger partial charge in [-0.15, -0.1) is 0 Å². The van der Waals surface area contributed by atoms with Gasteiger partial charge in [-0.05, 0) is 25.2 Å². The molecule has 0 saturated heterocycles. The molecule has 9 nitrogen and oxygen atoms in total. The number of carboxylic acid groups (broad SMARTS) is 2. The molecule has 0 bridgehead atoms. The van der Waals surface area contributed by atoms with Crippen molar-refractivity contribution in [3.05, 3.63) is 53.6 Å². The topological polar surface area (TPSA) is 125 Å². The summed E-state index contributed by atoms with van der Waals surface area (Å²) in [5.41, 5.74) is -0.312. The quantitative estimate of drug-likeness (QED) is 0.526. The number of para-hydroxylation sites is 1. The largest absolute Gasteiger partial charge is 0.497 e. The van der Waals surface area contributed by atoms with Crippen LogP contribution in [-0.4, -0.2) is 60.8 Å². The number of halogens is 3. The lowest BCUT2D eigenvalue weighted by Crippen LogP contribution is -2.30. The number of carbonyl (C=O) groups is 3. The summed E-state index contributed by atoms with van der Waals surface area (Å²) < 4.78 is 49.5. The average Bonchev–Trinajstić information content (AvgIpc) is 2.73. The maximum Gasteiger partial charge on any atom is 0.418 e. The van der Waals surface area contributed by atoms with Crippen LogP contribution in [0.5, 0.6) is 11.5 Å². The van der Waals surface area contributed by atoms with Crippen molar-refractivity contribution in [2.75, 3.05) is 33.1 Å². The highest BCUT2D eigenvalue weighted by Crippen LogP contribution is 2.34. The van der Waals surface area contributed by atoms with E-state index in [1.165, 1.54) is 25.3 Å². The molecular weight excluding hydrogens is 449 g/mol. The summed E-state index contributed by atoms with van der Waals surface area (Å²) in [6.45, 7) is 0.295. The van der Waals surface area contributed by atoms with E-state index in [1.807, 2.05) is 6.07 Å². The third kappa shape index (κ3) is 9.07. The van der Waals surface area contributed by atoms with E-state index in [9.17, 15) is 18.0 Å². The zero-order valence-corrected chi connectivity index (χ0v) is 18.0. The molecule has 0 radical (unpaired) electrons. The zero-order valence-electron chi connectivity index (χ0n) is 18.0. The lowest BCUT2D eigenvalue weighted by Gasteiger charge is -2.19. The third-order valence-corrected chi connectivity index (χ3v) is 4.04. The van der Waals surface area contributed by atoms with Crippen molar-refractivity contribution in [3.63, 3.8) is 0 Å². The van der Waals surface area contributed by atoms with Gasteiger partial charge in [-0.25, -0.2) is 9.59 Å². The lowest BCUT2D eigenvalue weighted by molar-refractivity contribution is -0.159. The molecule has 3 N–H and O–H groups in total. The van der Waals surface area contributed by atoms with Gasteiger partial charge < -0.3 is 25.0 Å². The van der Waals surface area contributed by atoms with Crippen molar-refractivity contribution < 1.29 is 47.2 Å². The van der Waals surface area contributed by atoms with Crippen LogP contribution in [0.4, 0.5) is 18.9 Å². The second-order valence-corrected chi connectivity index (χ2v) is 6.55. The standard InChI is InChI=1S/C19H21F3N2O3.C2H2O4/c1-24(11-13-8-9-14(26-2)10-17(13)27-3)12-18(25)23-16-7-5-4-6-15(16)19(20,21)22;3-1(4)2(5)6/h4-10H,11-12H2,1-3H3,(H,23,25);(H,3,4)(H,5,6). The minimum atomic E-state index is -4.54. The number of alkyl halides is 3. The number of carboxylic acids is 2. The van der Waals surface area contributed by atoms with E-state index in [2.05, 4.69) is 5.32 Å². The highest BCUT2D eigenvalue weighted by atomic mass is 19.4. The Labute approximate surface area is 187 Å². The predicted molar refractivity (Wildman–Crippen MR) is 111 cm³/mol. The summed E-state index contributed by atoms with van der Waals surface area (Å²) in [6.07, 6.45) is -4.54. The number of carbonyl (C=O) groups excluding carboxylic acids is 1. The third-order valence-electron chi connectivity index (χ3n) is 4.04. The van der Waals surface area contributed by atoms with Crippen LogP contribution in [0.2, 0.25) is 0 Å². The van der Waals surface area contributed by atoms with Gasteiger partial charge in [0, 0.05) is 18.2 Å². The van der Waals surface area contributed by atoms with E-state index in [0.717, 1.165) is 11.6 Å². The molecule has 0 heterocycles. The van der Waals surface area contributed by atoms with Crippen LogP contribution in [0.3, 0.4) is 0 Å². The van der Waals surface area contributed by atoms with Crippen molar-refractivity contribution in [3.8, 4) is 11.5 Å². The van der Waals surface area contributed by atoms with Gasteiger partial charge >= 0.3 is 18.1 Å². The number of methoxy groups -OCH3 is 2. The van der Waals surface area contributed by atoms with E-state index in [1.54, 1.807) is 31.2 Å². The number of amides is 1. The number of likely N-dealkylation sites (N-methyl/N-ethyl adjacent to an activating group) is 1. The van der Waals surface area contributed by atoms with Gasteiger partial charge in [0.25, 0.3) is 0 Å². The Hall–Kier alpha value is -3.80. The smallest absolute Gasteiger partial charge is 0.418 e. The number of hydrogen-bond donors (Lipinski definition) is 3. The average molecular weight is 472 g/mol. The molecule has 0 aliphatic carbocycles. The first-order valence-corrected chi connectivity index (χ1v) is 9.20.